The molecule has 1 aromatic rings. The van der Waals surface area contributed by atoms with E-state index < -0.39 is 0 Å². The molecule has 0 saturated carbocycles. The van der Waals surface area contributed by atoms with Gasteiger partial charge in [0, 0.05) is 12.1 Å². The van der Waals surface area contributed by atoms with Crippen LogP contribution >= 0.6 is 0 Å². The van der Waals surface area contributed by atoms with Crippen molar-refractivity contribution in [3.8, 4) is 0 Å². The van der Waals surface area contributed by atoms with Crippen LogP contribution in [0.15, 0.2) is 42.0 Å². The maximum absolute atomic E-state index is 12.2. The zero-order valence-electron chi connectivity index (χ0n) is 11.8. The number of ketones is 1. The van der Waals surface area contributed by atoms with Crippen molar-refractivity contribution in [2.45, 2.75) is 19.4 Å². The topological polar surface area (TPSA) is 46.6 Å². The second-order valence-corrected chi connectivity index (χ2v) is 4.88. The number of carbonyl (C=O) groups is 2. The highest BCUT2D eigenvalue weighted by Crippen LogP contribution is 2.23. The summed E-state index contributed by atoms with van der Waals surface area (Å²) < 4.78 is 4.83. The van der Waals surface area contributed by atoms with E-state index in [0.29, 0.717) is 18.5 Å². The SMILES string of the molecule is C/C=C1\CC(C(=O)OC)N(CC(=O)c2ccccc2)C1. The number of hydrogen-bond acceptors (Lipinski definition) is 4. The van der Waals surface area contributed by atoms with Crippen molar-refractivity contribution in [2.75, 3.05) is 20.2 Å². The zero-order chi connectivity index (χ0) is 14.5. The Morgan fingerprint density at radius 3 is 2.65 bits per heavy atom. The minimum absolute atomic E-state index is 0.0249. The molecule has 0 bridgehead atoms. The molecule has 0 amide bonds. The average molecular weight is 273 g/mol. The molecule has 1 saturated heterocycles. The van der Waals surface area contributed by atoms with Gasteiger partial charge in [0.15, 0.2) is 5.78 Å². The minimum atomic E-state index is -0.348. The van der Waals surface area contributed by atoms with E-state index in [1.54, 1.807) is 12.1 Å². The third-order valence-corrected chi connectivity index (χ3v) is 3.63. The second kappa shape index (κ2) is 6.48. The molecular formula is C16H19NO3. The van der Waals surface area contributed by atoms with Crippen LogP contribution in [0.25, 0.3) is 0 Å². The number of esters is 1. The lowest BCUT2D eigenvalue weighted by atomic mass is 10.1. The van der Waals surface area contributed by atoms with Crippen LogP contribution in [-0.4, -0.2) is 42.9 Å². The van der Waals surface area contributed by atoms with Crippen LogP contribution in [0.4, 0.5) is 0 Å². The Hall–Kier alpha value is -1.94. The first kappa shape index (κ1) is 14.5. The number of Topliss-reactive ketones (excluding diaryl/α,β-unsaturated/α-hetero) is 1. The van der Waals surface area contributed by atoms with Gasteiger partial charge >= 0.3 is 5.97 Å². The summed E-state index contributed by atoms with van der Waals surface area (Å²) in [5.74, 6) is -0.250. The molecule has 1 unspecified atom stereocenters. The summed E-state index contributed by atoms with van der Waals surface area (Å²) in [5, 5.41) is 0. The largest absolute Gasteiger partial charge is 0.468 e. The molecule has 1 atom stereocenters. The molecule has 4 heteroatoms. The quantitative estimate of drug-likeness (QED) is 0.478. The molecule has 0 aromatic heterocycles. The number of ether oxygens (including phenoxy) is 1. The smallest absolute Gasteiger partial charge is 0.323 e. The Balaban J connectivity index is 2.10. The first-order chi connectivity index (χ1) is 9.65. The van der Waals surface area contributed by atoms with E-state index in [9.17, 15) is 9.59 Å². The third-order valence-electron chi connectivity index (χ3n) is 3.63. The third kappa shape index (κ3) is 3.14. The Bertz CT molecular complexity index is 522. The van der Waals surface area contributed by atoms with Gasteiger partial charge in [0.2, 0.25) is 0 Å². The van der Waals surface area contributed by atoms with Crippen molar-refractivity contribution < 1.29 is 14.3 Å². The van der Waals surface area contributed by atoms with Gasteiger partial charge in [-0.2, -0.15) is 0 Å². The number of allylic oxidation sites excluding steroid dienone is 1. The molecule has 0 aliphatic carbocycles. The van der Waals surface area contributed by atoms with Gasteiger partial charge < -0.3 is 4.74 Å². The highest BCUT2D eigenvalue weighted by atomic mass is 16.5. The van der Waals surface area contributed by atoms with Crippen molar-refractivity contribution in [3.63, 3.8) is 0 Å². The lowest BCUT2D eigenvalue weighted by molar-refractivity contribution is -0.145. The highest BCUT2D eigenvalue weighted by Gasteiger charge is 2.35. The number of nitrogens with zero attached hydrogens (tertiary/aromatic N) is 1. The Kier molecular flexibility index (Phi) is 4.69. The van der Waals surface area contributed by atoms with Gasteiger partial charge in [0.25, 0.3) is 0 Å². The molecule has 1 aliphatic rings. The predicted octanol–water partition coefficient (Wildman–Crippen LogP) is 2.06. The maximum atomic E-state index is 12.2. The van der Waals surface area contributed by atoms with Crippen LogP contribution in [-0.2, 0) is 9.53 Å². The summed E-state index contributed by atoms with van der Waals surface area (Å²) >= 11 is 0. The van der Waals surface area contributed by atoms with E-state index in [4.69, 9.17) is 4.74 Å². The number of rotatable bonds is 4. The van der Waals surface area contributed by atoms with Crippen molar-refractivity contribution in [1.82, 2.24) is 4.90 Å². The van der Waals surface area contributed by atoms with Gasteiger partial charge in [0.05, 0.1) is 13.7 Å². The molecule has 0 N–H and O–H groups in total. The molecule has 20 heavy (non-hydrogen) atoms. The minimum Gasteiger partial charge on any atom is -0.468 e. The van der Waals surface area contributed by atoms with E-state index in [-0.39, 0.29) is 24.3 Å². The monoisotopic (exact) mass is 273 g/mol. The Morgan fingerprint density at radius 2 is 2.05 bits per heavy atom. The fourth-order valence-electron chi connectivity index (χ4n) is 2.46. The van der Waals surface area contributed by atoms with E-state index in [1.165, 1.54) is 12.7 Å². The van der Waals surface area contributed by atoms with Gasteiger partial charge in [0.1, 0.15) is 6.04 Å². The summed E-state index contributed by atoms with van der Waals surface area (Å²) in [7, 11) is 1.38. The van der Waals surface area contributed by atoms with Crippen molar-refractivity contribution in [2.24, 2.45) is 0 Å². The number of methoxy groups -OCH3 is 1. The molecule has 1 heterocycles. The number of likely N-dealkylation sites (tertiary alicyclic amines) is 1. The van der Waals surface area contributed by atoms with E-state index in [1.807, 2.05) is 36.1 Å². The molecule has 2 rings (SSSR count). The number of benzene rings is 1. The molecular weight excluding hydrogens is 254 g/mol. The second-order valence-electron chi connectivity index (χ2n) is 4.88. The van der Waals surface area contributed by atoms with Crippen LogP contribution in [0, 0.1) is 0 Å². The van der Waals surface area contributed by atoms with Crippen molar-refractivity contribution in [3.05, 3.63) is 47.5 Å². The Labute approximate surface area is 119 Å². The van der Waals surface area contributed by atoms with Gasteiger partial charge in [-0.15, -0.1) is 0 Å². The molecule has 1 aromatic carbocycles. The Morgan fingerprint density at radius 1 is 1.35 bits per heavy atom. The lowest BCUT2D eigenvalue weighted by Crippen LogP contribution is -2.40. The van der Waals surface area contributed by atoms with Crippen LogP contribution < -0.4 is 0 Å². The van der Waals surface area contributed by atoms with Crippen molar-refractivity contribution in [1.29, 1.82) is 0 Å². The molecule has 1 aliphatic heterocycles. The molecule has 106 valence electrons. The summed E-state index contributed by atoms with van der Waals surface area (Å²) in [4.78, 5) is 25.9. The average Bonchev–Trinajstić information content (AvgIpc) is 2.90. The molecule has 4 nitrogen and oxygen atoms in total. The van der Waals surface area contributed by atoms with E-state index >= 15 is 0 Å². The van der Waals surface area contributed by atoms with Gasteiger partial charge in [-0.3, -0.25) is 14.5 Å². The van der Waals surface area contributed by atoms with Crippen LogP contribution in [0.2, 0.25) is 0 Å². The molecule has 0 spiro atoms. The van der Waals surface area contributed by atoms with E-state index in [2.05, 4.69) is 0 Å². The summed E-state index contributed by atoms with van der Waals surface area (Å²) in [6, 6.07) is 8.80. The van der Waals surface area contributed by atoms with E-state index in [0.717, 1.165) is 0 Å². The number of hydrogen-bond donors (Lipinski definition) is 0. The molecule has 0 radical (unpaired) electrons. The standard InChI is InChI=1S/C16H19NO3/c1-3-12-9-14(16(19)20-2)17(10-12)11-15(18)13-7-5-4-6-8-13/h3-8,14H,9-11H2,1-2H3/b12-3+. The fraction of sp³-hybridized carbons (Fsp3) is 0.375. The lowest BCUT2D eigenvalue weighted by Gasteiger charge is -2.20. The fourth-order valence-corrected chi connectivity index (χ4v) is 2.46. The number of carbonyl (C=O) groups excluding carboxylic acids is 2. The normalized spacial score (nSPS) is 21.1. The zero-order valence-corrected chi connectivity index (χ0v) is 11.8. The maximum Gasteiger partial charge on any atom is 0.323 e. The van der Waals surface area contributed by atoms with Crippen LogP contribution in [0.5, 0.6) is 0 Å². The first-order valence-corrected chi connectivity index (χ1v) is 6.70. The predicted molar refractivity (Wildman–Crippen MR) is 76.5 cm³/mol. The van der Waals surface area contributed by atoms with Gasteiger partial charge in [-0.05, 0) is 13.3 Å². The first-order valence-electron chi connectivity index (χ1n) is 6.70. The van der Waals surface area contributed by atoms with Gasteiger partial charge in [-0.25, -0.2) is 0 Å². The van der Waals surface area contributed by atoms with Crippen molar-refractivity contribution >= 4 is 11.8 Å². The van der Waals surface area contributed by atoms with Gasteiger partial charge in [-0.1, -0.05) is 42.0 Å². The van der Waals surface area contributed by atoms with Crippen LogP contribution in [0.1, 0.15) is 23.7 Å². The molecule has 1 fully saturated rings. The van der Waals surface area contributed by atoms with Crippen LogP contribution in [0.3, 0.4) is 0 Å². The highest BCUT2D eigenvalue weighted by molar-refractivity contribution is 5.98. The summed E-state index contributed by atoms with van der Waals surface area (Å²) in [5.41, 5.74) is 1.84. The summed E-state index contributed by atoms with van der Waals surface area (Å²) in [6.45, 7) is 2.84. The summed E-state index contributed by atoms with van der Waals surface area (Å²) in [6.07, 6.45) is 2.65.